The molecule has 0 saturated carbocycles. The molecule has 4 rings (SSSR count). The van der Waals surface area contributed by atoms with E-state index in [4.69, 9.17) is 4.52 Å². The van der Waals surface area contributed by atoms with Crippen molar-refractivity contribution in [3.8, 4) is 23.0 Å². The SMILES string of the molecule is Cc1ccc(Cn2nc(-c3nc(-c4cccc(C(F)(F)F)c4)no3)cc2C)cc1. The second kappa shape index (κ2) is 7.20. The Balaban J connectivity index is 1.59. The van der Waals surface area contributed by atoms with Gasteiger partial charge in [-0.1, -0.05) is 47.1 Å². The van der Waals surface area contributed by atoms with E-state index in [1.165, 1.54) is 17.7 Å². The Labute approximate surface area is 164 Å². The summed E-state index contributed by atoms with van der Waals surface area (Å²) in [6, 6.07) is 14.8. The Morgan fingerprint density at radius 3 is 2.48 bits per heavy atom. The van der Waals surface area contributed by atoms with Gasteiger partial charge in [-0.15, -0.1) is 0 Å². The molecule has 0 unspecified atom stereocenters. The Hall–Kier alpha value is -3.42. The van der Waals surface area contributed by atoms with Gasteiger partial charge in [0.1, 0.15) is 0 Å². The molecule has 4 aromatic rings. The third-order valence-electron chi connectivity index (χ3n) is 4.53. The van der Waals surface area contributed by atoms with Crippen molar-refractivity contribution >= 4 is 0 Å². The maximum Gasteiger partial charge on any atom is 0.416 e. The Bertz CT molecular complexity index is 1140. The number of aromatic nitrogens is 4. The van der Waals surface area contributed by atoms with Gasteiger partial charge in [0.25, 0.3) is 5.89 Å². The van der Waals surface area contributed by atoms with E-state index in [0.717, 1.165) is 23.4 Å². The minimum Gasteiger partial charge on any atom is -0.332 e. The summed E-state index contributed by atoms with van der Waals surface area (Å²) in [5, 5.41) is 8.32. The minimum absolute atomic E-state index is 0.0804. The van der Waals surface area contributed by atoms with Crippen molar-refractivity contribution in [3.63, 3.8) is 0 Å². The van der Waals surface area contributed by atoms with E-state index in [-0.39, 0.29) is 17.3 Å². The second-order valence-electron chi connectivity index (χ2n) is 6.82. The zero-order chi connectivity index (χ0) is 20.6. The molecule has 2 heterocycles. The maximum atomic E-state index is 12.9. The average Bonchev–Trinajstić information content (AvgIpc) is 3.30. The highest BCUT2D eigenvalue weighted by Gasteiger charge is 2.30. The van der Waals surface area contributed by atoms with Gasteiger partial charge in [0.05, 0.1) is 12.1 Å². The molecule has 0 aliphatic rings. The molecule has 2 aromatic heterocycles. The Kier molecular flexibility index (Phi) is 4.70. The van der Waals surface area contributed by atoms with Crippen molar-refractivity contribution in [2.24, 2.45) is 0 Å². The van der Waals surface area contributed by atoms with E-state index in [2.05, 4.69) is 15.2 Å². The van der Waals surface area contributed by atoms with Crippen LogP contribution in [0.2, 0.25) is 0 Å². The Morgan fingerprint density at radius 1 is 1.00 bits per heavy atom. The standard InChI is InChI=1S/C21H17F3N4O/c1-13-6-8-15(9-7-13)12-28-14(2)10-18(26-28)20-25-19(27-29-20)16-4-3-5-17(11-16)21(22,23)24/h3-11H,12H2,1-2H3. The van der Waals surface area contributed by atoms with E-state index in [1.54, 1.807) is 6.07 Å². The van der Waals surface area contributed by atoms with Crippen molar-refractivity contribution in [3.05, 3.63) is 77.0 Å². The van der Waals surface area contributed by atoms with Crippen molar-refractivity contribution < 1.29 is 17.7 Å². The molecule has 0 fully saturated rings. The molecule has 0 saturated heterocycles. The van der Waals surface area contributed by atoms with Crippen LogP contribution in [0.3, 0.4) is 0 Å². The largest absolute Gasteiger partial charge is 0.416 e. The maximum absolute atomic E-state index is 12.9. The minimum atomic E-state index is -4.44. The van der Waals surface area contributed by atoms with Gasteiger partial charge in [0, 0.05) is 11.3 Å². The van der Waals surface area contributed by atoms with E-state index in [0.29, 0.717) is 12.2 Å². The molecule has 0 amide bonds. The molecular formula is C21H17F3N4O. The highest BCUT2D eigenvalue weighted by molar-refractivity contribution is 5.59. The van der Waals surface area contributed by atoms with E-state index in [1.807, 2.05) is 42.8 Å². The van der Waals surface area contributed by atoms with Crippen LogP contribution in [0.4, 0.5) is 13.2 Å². The lowest BCUT2D eigenvalue weighted by Gasteiger charge is -2.06. The molecule has 0 atom stereocenters. The zero-order valence-corrected chi connectivity index (χ0v) is 15.7. The molecule has 0 spiro atoms. The summed E-state index contributed by atoms with van der Waals surface area (Å²) in [6.45, 7) is 4.52. The van der Waals surface area contributed by atoms with Crippen molar-refractivity contribution in [1.82, 2.24) is 19.9 Å². The fourth-order valence-corrected chi connectivity index (χ4v) is 2.92. The number of hydrogen-bond acceptors (Lipinski definition) is 4. The smallest absolute Gasteiger partial charge is 0.332 e. The molecule has 0 aliphatic carbocycles. The molecular weight excluding hydrogens is 381 g/mol. The predicted molar refractivity (Wildman–Crippen MR) is 101 cm³/mol. The number of aryl methyl sites for hydroxylation is 2. The number of hydrogen-bond donors (Lipinski definition) is 0. The first-order valence-corrected chi connectivity index (χ1v) is 8.91. The molecule has 0 aliphatic heterocycles. The average molecular weight is 398 g/mol. The first-order chi connectivity index (χ1) is 13.8. The fourth-order valence-electron chi connectivity index (χ4n) is 2.92. The van der Waals surface area contributed by atoms with E-state index < -0.39 is 11.7 Å². The van der Waals surface area contributed by atoms with Crippen LogP contribution in [0.1, 0.15) is 22.4 Å². The normalized spacial score (nSPS) is 11.8. The van der Waals surface area contributed by atoms with Crippen molar-refractivity contribution in [1.29, 1.82) is 0 Å². The quantitative estimate of drug-likeness (QED) is 0.469. The molecule has 0 radical (unpaired) electrons. The van der Waals surface area contributed by atoms with E-state index >= 15 is 0 Å². The summed E-state index contributed by atoms with van der Waals surface area (Å²) in [5.74, 6) is 0.236. The summed E-state index contributed by atoms with van der Waals surface area (Å²) in [4.78, 5) is 4.23. The van der Waals surface area contributed by atoms with Gasteiger partial charge in [-0.05, 0) is 37.6 Å². The van der Waals surface area contributed by atoms with Gasteiger partial charge < -0.3 is 4.52 Å². The lowest BCUT2D eigenvalue weighted by molar-refractivity contribution is -0.137. The topological polar surface area (TPSA) is 56.7 Å². The van der Waals surface area contributed by atoms with Gasteiger partial charge in [-0.2, -0.15) is 23.3 Å². The first-order valence-electron chi connectivity index (χ1n) is 8.91. The van der Waals surface area contributed by atoms with Crippen LogP contribution < -0.4 is 0 Å². The number of nitrogens with zero attached hydrogens (tertiary/aromatic N) is 4. The van der Waals surface area contributed by atoms with Crippen molar-refractivity contribution in [2.45, 2.75) is 26.6 Å². The fraction of sp³-hybridized carbons (Fsp3) is 0.190. The summed E-state index contributed by atoms with van der Waals surface area (Å²) in [7, 11) is 0. The molecule has 0 N–H and O–H groups in total. The monoisotopic (exact) mass is 398 g/mol. The van der Waals surface area contributed by atoms with Crippen molar-refractivity contribution in [2.75, 3.05) is 0 Å². The summed E-state index contributed by atoms with van der Waals surface area (Å²) < 4.78 is 45.8. The number of benzene rings is 2. The predicted octanol–water partition coefficient (Wildman–Crippen LogP) is 5.28. The van der Waals surface area contributed by atoms with Crippen LogP contribution in [0, 0.1) is 13.8 Å². The zero-order valence-electron chi connectivity index (χ0n) is 15.7. The van der Waals surface area contributed by atoms with Crippen LogP contribution in [0.15, 0.2) is 59.1 Å². The summed E-state index contributed by atoms with van der Waals surface area (Å²) in [6.07, 6.45) is -4.44. The molecule has 148 valence electrons. The van der Waals surface area contributed by atoms with Crippen LogP contribution in [0.5, 0.6) is 0 Å². The Morgan fingerprint density at radius 2 is 1.76 bits per heavy atom. The number of alkyl halides is 3. The highest BCUT2D eigenvalue weighted by Crippen LogP contribution is 2.32. The lowest BCUT2D eigenvalue weighted by Crippen LogP contribution is -2.04. The number of rotatable bonds is 4. The first kappa shape index (κ1) is 18.9. The lowest BCUT2D eigenvalue weighted by atomic mass is 10.1. The second-order valence-corrected chi connectivity index (χ2v) is 6.82. The van der Waals surface area contributed by atoms with Crippen LogP contribution in [-0.2, 0) is 12.7 Å². The summed E-state index contributed by atoms with van der Waals surface area (Å²) >= 11 is 0. The van der Waals surface area contributed by atoms with Crippen LogP contribution in [-0.4, -0.2) is 19.9 Å². The van der Waals surface area contributed by atoms with Gasteiger partial charge in [-0.25, -0.2) is 0 Å². The highest BCUT2D eigenvalue weighted by atomic mass is 19.4. The van der Waals surface area contributed by atoms with Gasteiger partial charge in [-0.3, -0.25) is 4.68 Å². The van der Waals surface area contributed by atoms with Gasteiger partial charge in [0.2, 0.25) is 5.82 Å². The summed E-state index contributed by atoms with van der Waals surface area (Å²) in [5.41, 5.74) is 3.12. The van der Waals surface area contributed by atoms with Gasteiger partial charge >= 0.3 is 6.18 Å². The molecule has 0 bridgehead atoms. The molecule has 5 nitrogen and oxygen atoms in total. The third kappa shape index (κ3) is 4.06. The third-order valence-corrected chi connectivity index (χ3v) is 4.53. The van der Waals surface area contributed by atoms with E-state index in [9.17, 15) is 13.2 Å². The molecule has 29 heavy (non-hydrogen) atoms. The molecule has 8 heteroatoms. The van der Waals surface area contributed by atoms with Crippen LogP contribution in [0.25, 0.3) is 23.0 Å². The number of halogens is 3. The van der Waals surface area contributed by atoms with Crippen LogP contribution >= 0.6 is 0 Å². The molecule has 2 aromatic carbocycles. The van der Waals surface area contributed by atoms with Gasteiger partial charge in [0.15, 0.2) is 5.69 Å².